The van der Waals surface area contributed by atoms with Crippen LogP contribution in [0, 0.1) is 0 Å². The second-order valence-corrected chi connectivity index (χ2v) is 7.58. The van der Waals surface area contributed by atoms with Gasteiger partial charge in [-0.05, 0) is 44.9 Å². The number of ether oxygens (including phenoxy) is 1. The van der Waals surface area contributed by atoms with Gasteiger partial charge in [0.1, 0.15) is 5.75 Å². The monoisotopic (exact) mass is 359 g/mol. The van der Waals surface area contributed by atoms with Crippen LogP contribution in [-0.4, -0.2) is 79.6 Å². The molecule has 0 saturated carbocycles. The summed E-state index contributed by atoms with van der Waals surface area (Å²) < 4.78 is 5.71. The SMILES string of the molecule is CN1CCN(CC[C@H]2CCCCN2C(=O)CCOc2ccccc2)CC1. The van der Waals surface area contributed by atoms with Crippen LogP contribution in [-0.2, 0) is 4.79 Å². The molecule has 0 radical (unpaired) electrons. The van der Waals surface area contributed by atoms with Gasteiger partial charge in [0.15, 0.2) is 0 Å². The van der Waals surface area contributed by atoms with E-state index in [1.807, 2.05) is 30.3 Å². The fraction of sp³-hybridized carbons (Fsp3) is 0.667. The van der Waals surface area contributed by atoms with E-state index in [4.69, 9.17) is 4.74 Å². The lowest BCUT2D eigenvalue weighted by molar-refractivity contribution is -0.135. The number of para-hydroxylation sites is 1. The van der Waals surface area contributed by atoms with Crippen LogP contribution in [0.5, 0.6) is 5.75 Å². The Morgan fingerprint density at radius 1 is 1.08 bits per heavy atom. The quantitative estimate of drug-likeness (QED) is 0.749. The van der Waals surface area contributed by atoms with E-state index in [-0.39, 0.29) is 5.91 Å². The number of likely N-dealkylation sites (N-methyl/N-ethyl adjacent to an activating group) is 1. The number of hydrogen-bond acceptors (Lipinski definition) is 4. The molecule has 2 aliphatic heterocycles. The zero-order valence-corrected chi connectivity index (χ0v) is 16.1. The molecule has 1 aromatic carbocycles. The Balaban J connectivity index is 1.42. The lowest BCUT2D eigenvalue weighted by atomic mass is 9.98. The van der Waals surface area contributed by atoms with Crippen LogP contribution in [0.15, 0.2) is 30.3 Å². The first-order valence-corrected chi connectivity index (χ1v) is 10.1. The van der Waals surface area contributed by atoms with Crippen molar-refractivity contribution in [3.63, 3.8) is 0 Å². The zero-order chi connectivity index (χ0) is 18.2. The molecule has 0 N–H and O–H groups in total. The van der Waals surface area contributed by atoms with Gasteiger partial charge in [0.05, 0.1) is 13.0 Å². The van der Waals surface area contributed by atoms with Gasteiger partial charge in [0.25, 0.3) is 0 Å². The third-order valence-corrected chi connectivity index (χ3v) is 5.65. The minimum Gasteiger partial charge on any atom is -0.493 e. The van der Waals surface area contributed by atoms with Crippen molar-refractivity contribution < 1.29 is 9.53 Å². The first-order valence-electron chi connectivity index (χ1n) is 10.1. The average molecular weight is 360 g/mol. The second-order valence-electron chi connectivity index (χ2n) is 7.58. The van der Waals surface area contributed by atoms with E-state index >= 15 is 0 Å². The summed E-state index contributed by atoms with van der Waals surface area (Å²) in [6.45, 7) is 7.11. The molecule has 0 unspecified atom stereocenters. The van der Waals surface area contributed by atoms with E-state index in [0.717, 1.165) is 64.3 Å². The van der Waals surface area contributed by atoms with Gasteiger partial charge < -0.3 is 19.4 Å². The molecule has 3 rings (SSSR count). The summed E-state index contributed by atoms with van der Waals surface area (Å²) in [4.78, 5) is 19.8. The van der Waals surface area contributed by atoms with Gasteiger partial charge in [-0.25, -0.2) is 0 Å². The van der Waals surface area contributed by atoms with Crippen LogP contribution >= 0.6 is 0 Å². The third kappa shape index (κ3) is 5.71. The van der Waals surface area contributed by atoms with E-state index < -0.39 is 0 Å². The van der Waals surface area contributed by atoms with Gasteiger partial charge >= 0.3 is 0 Å². The van der Waals surface area contributed by atoms with Crippen molar-refractivity contribution in [2.75, 3.05) is 52.9 Å². The molecule has 1 amide bonds. The summed E-state index contributed by atoms with van der Waals surface area (Å²) >= 11 is 0. The molecular weight excluding hydrogens is 326 g/mol. The van der Waals surface area contributed by atoms with Crippen LogP contribution in [0.1, 0.15) is 32.1 Å². The van der Waals surface area contributed by atoms with Crippen molar-refractivity contribution in [2.24, 2.45) is 0 Å². The summed E-state index contributed by atoms with van der Waals surface area (Å²) in [5, 5.41) is 0. The Morgan fingerprint density at radius 2 is 1.85 bits per heavy atom. The van der Waals surface area contributed by atoms with E-state index in [0.29, 0.717) is 19.1 Å². The molecule has 2 fully saturated rings. The zero-order valence-electron chi connectivity index (χ0n) is 16.1. The van der Waals surface area contributed by atoms with Gasteiger partial charge in [-0.2, -0.15) is 0 Å². The van der Waals surface area contributed by atoms with E-state index in [1.165, 1.54) is 6.42 Å². The molecule has 0 bridgehead atoms. The maximum atomic E-state index is 12.7. The number of piperazine rings is 1. The topological polar surface area (TPSA) is 36.0 Å². The molecular formula is C21H33N3O2. The number of rotatable bonds is 7. The van der Waals surface area contributed by atoms with Gasteiger partial charge in [-0.1, -0.05) is 18.2 Å². The van der Waals surface area contributed by atoms with Gasteiger partial charge in [-0.15, -0.1) is 0 Å². The third-order valence-electron chi connectivity index (χ3n) is 5.65. The molecule has 5 heteroatoms. The van der Waals surface area contributed by atoms with E-state index in [9.17, 15) is 4.79 Å². The van der Waals surface area contributed by atoms with Crippen molar-refractivity contribution in [1.82, 2.24) is 14.7 Å². The Hall–Kier alpha value is -1.59. The number of benzene rings is 1. The predicted octanol–water partition coefficient (Wildman–Crippen LogP) is 2.47. The molecule has 26 heavy (non-hydrogen) atoms. The van der Waals surface area contributed by atoms with E-state index in [1.54, 1.807) is 0 Å². The van der Waals surface area contributed by atoms with Gasteiger partial charge in [0, 0.05) is 45.3 Å². The fourth-order valence-corrected chi connectivity index (χ4v) is 3.95. The molecule has 2 aliphatic rings. The minimum absolute atomic E-state index is 0.254. The number of amides is 1. The van der Waals surface area contributed by atoms with Crippen molar-refractivity contribution in [3.05, 3.63) is 30.3 Å². The highest BCUT2D eigenvalue weighted by Crippen LogP contribution is 2.21. The summed E-state index contributed by atoms with van der Waals surface area (Å²) in [5.41, 5.74) is 0. The smallest absolute Gasteiger partial charge is 0.226 e. The van der Waals surface area contributed by atoms with Crippen molar-refractivity contribution >= 4 is 5.91 Å². The second kappa shape index (κ2) is 9.93. The standard InChI is InChI=1S/C21H33N3O2/c1-22-14-16-23(17-15-22)13-10-19-7-5-6-12-24(19)21(25)11-18-26-20-8-3-2-4-9-20/h2-4,8-9,19H,5-7,10-18H2,1H3/t19-/m1/s1. The van der Waals surface area contributed by atoms with E-state index in [2.05, 4.69) is 21.7 Å². The van der Waals surface area contributed by atoms with Gasteiger partial charge in [-0.3, -0.25) is 4.79 Å². The normalized spacial score (nSPS) is 22.3. The number of carbonyl (C=O) groups is 1. The van der Waals surface area contributed by atoms with Crippen molar-refractivity contribution in [3.8, 4) is 5.75 Å². The minimum atomic E-state index is 0.254. The lowest BCUT2D eigenvalue weighted by Gasteiger charge is -2.38. The maximum absolute atomic E-state index is 12.7. The Kier molecular flexibility index (Phi) is 7.32. The van der Waals surface area contributed by atoms with Gasteiger partial charge in [0.2, 0.25) is 5.91 Å². The van der Waals surface area contributed by atoms with Crippen LogP contribution in [0.4, 0.5) is 0 Å². The maximum Gasteiger partial charge on any atom is 0.226 e. The predicted molar refractivity (Wildman–Crippen MR) is 104 cm³/mol. The molecule has 1 aromatic rings. The number of hydrogen-bond donors (Lipinski definition) is 0. The Morgan fingerprint density at radius 3 is 2.62 bits per heavy atom. The van der Waals surface area contributed by atoms with Crippen LogP contribution in [0.2, 0.25) is 0 Å². The highest BCUT2D eigenvalue weighted by atomic mass is 16.5. The molecule has 0 aliphatic carbocycles. The number of piperidine rings is 1. The van der Waals surface area contributed by atoms with Crippen LogP contribution in [0.3, 0.4) is 0 Å². The molecule has 0 spiro atoms. The summed E-state index contributed by atoms with van der Waals surface area (Å²) in [6, 6.07) is 10.2. The number of nitrogens with zero attached hydrogens (tertiary/aromatic N) is 3. The molecule has 1 atom stereocenters. The molecule has 2 saturated heterocycles. The summed E-state index contributed by atoms with van der Waals surface area (Å²) in [5.74, 6) is 1.09. The average Bonchev–Trinajstić information content (AvgIpc) is 2.68. The summed E-state index contributed by atoms with van der Waals surface area (Å²) in [7, 11) is 2.19. The van der Waals surface area contributed by atoms with Crippen LogP contribution in [0.25, 0.3) is 0 Å². The molecule has 0 aromatic heterocycles. The highest BCUT2D eigenvalue weighted by Gasteiger charge is 2.27. The van der Waals surface area contributed by atoms with Crippen molar-refractivity contribution in [2.45, 2.75) is 38.1 Å². The summed E-state index contributed by atoms with van der Waals surface area (Å²) in [6.07, 6.45) is 5.11. The fourth-order valence-electron chi connectivity index (χ4n) is 3.95. The first-order chi connectivity index (χ1) is 12.7. The largest absolute Gasteiger partial charge is 0.493 e. The van der Waals surface area contributed by atoms with Crippen molar-refractivity contribution in [1.29, 1.82) is 0 Å². The van der Waals surface area contributed by atoms with Crippen LogP contribution < -0.4 is 4.74 Å². The Labute approximate surface area is 157 Å². The number of carbonyl (C=O) groups excluding carboxylic acids is 1. The molecule has 5 nitrogen and oxygen atoms in total. The lowest BCUT2D eigenvalue weighted by Crippen LogP contribution is -2.48. The molecule has 144 valence electrons. The highest BCUT2D eigenvalue weighted by molar-refractivity contribution is 5.76. The Bertz CT molecular complexity index is 543. The molecule has 2 heterocycles. The first kappa shape index (κ1) is 19.2. The number of likely N-dealkylation sites (tertiary alicyclic amines) is 1.